The van der Waals surface area contributed by atoms with Gasteiger partial charge in [-0.2, -0.15) is 5.26 Å². The van der Waals surface area contributed by atoms with Crippen LogP contribution in [0.4, 0.5) is 5.82 Å². The van der Waals surface area contributed by atoms with E-state index in [0.29, 0.717) is 23.5 Å². The SMILES string of the molecule is Cc1ccc(NC2CCN([S@@](=N)(=O)c3ccc(-c4ccc5[nH]cc(C#N)c5c4)cc3)CC2)nc1. The molecule has 1 aliphatic rings. The Labute approximate surface area is 199 Å². The third kappa shape index (κ3) is 4.28. The summed E-state index contributed by atoms with van der Waals surface area (Å²) in [6.07, 6.45) is 5.17. The molecule has 1 aliphatic heterocycles. The Kier molecular flexibility index (Phi) is 5.82. The number of nitrogens with one attached hydrogen (secondary N) is 3. The summed E-state index contributed by atoms with van der Waals surface area (Å²) in [6, 6.07) is 19.8. The van der Waals surface area contributed by atoms with Gasteiger partial charge in [0.2, 0.25) is 0 Å². The minimum Gasteiger partial charge on any atom is -0.367 e. The van der Waals surface area contributed by atoms with Gasteiger partial charge >= 0.3 is 0 Å². The van der Waals surface area contributed by atoms with Gasteiger partial charge in [0.05, 0.1) is 10.5 Å². The van der Waals surface area contributed by atoms with Crippen molar-refractivity contribution in [3.05, 3.63) is 78.1 Å². The molecule has 1 atom stereocenters. The predicted octanol–water partition coefficient (Wildman–Crippen LogP) is 5.31. The summed E-state index contributed by atoms with van der Waals surface area (Å²) in [5.41, 5.74) is 4.58. The summed E-state index contributed by atoms with van der Waals surface area (Å²) >= 11 is 0. The molecule has 2 aromatic carbocycles. The van der Waals surface area contributed by atoms with Crippen molar-refractivity contribution in [2.45, 2.75) is 30.7 Å². The van der Waals surface area contributed by atoms with Gasteiger partial charge in [0.15, 0.2) is 0 Å². The first kappa shape index (κ1) is 22.1. The zero-order chi connectivity index (χ0) is 23.7. The van der Waals surface area contributed by atoms with E-state index in [1.54, 1.807) is 22.6 Å². The molecule has 3 N–H and O–H groups in total. The van der Waals surface area contributed by atoms with Gasteiger partial charge in [0.1, 0.15) is 21.8 Å². The van der Waals surface area contributed by atoms with Gasteiger partial charge in [0, 0.05) is 42.4 Å². The van der Waals surface area contributed by atoms with Crippen LogP contribution < -0.4 is 5.32 Å². The van der Waals surface area contributed by atoms with Gasteiger partial charge in [0.25, 0.3) is 0 Å². The number of piperidine rings is 1. The Hall–Kier alpha value is -3.67. The number of hydrogen-bond donors (Lipinski definition) is 3. The van der Waals surface area contributed by atoms with Crippen LogP contribution in [0, 0.1) is 23.0 Å². The van der Waals surface area contributed by atoms with Gasteiger partial charge in [-0.3, -0.25) is 0 Å². The van der Waals surface area contributed by atoms with Crippen molar-refractivity contribution < 1.29 is 4.21 Å². The van der Waals surface area contributed by atoms with Crippen LogP contribution in [-0.4, -0.2) is 37.6 Å². The minimum atomic E-state index is -3.06. The second-order valence-electron chi connectivity index (χ2n) is 8.69. The lowest BCUT2D eigenvalue weighted by atomic mass is 10.0. The Balaban J connectivity index is 1.28. The number of fused-ring (bicyclic) bond motifs is 1. The zero-order valence-electron chi connectivity index (χ0n) is 18.9. The predicted molar refractivity (Wildman–Crippen MR) is 135 cm³/mol. The van der Waals surface area contributed by atoms with E-state index in [-0.39, 0.29) is 6.04 Å². The number of rotatable bonds is 5. The lowest BCUT2D eigenvalue weighted by Gasteiger charge is -2.33. The molecule has 1 saturated heterocycles. The highest BCUT2D eigenvalue weighted by atomic mass is 32.2. The minimum absolute atomic E-state index is 0.255. The largest absolute Gasteiger partial charge is 0.367 e. The lowest BCUT2D eigenvalue weighted by Crippen LogP contribution is -2.41. The molecule has 172 valence electrons. The molecule has 1 fully saturated rings. The normalized spacial score (nSPS) is 16.7. The molecule has 0 amide bonds. The third-order valence-corrected chi connectivity index (χ3v) is 8.39. The molecule has 0 unspecified atom stereocenters. The van der Waals surface area contributed by atoms with Gasteiger partial charge in [-0.15, -0.1) is 0 Å². The van der Waals surface area contributed by atoms with Crippen molar-refractivity contribution in [2.24, 2.45) is 0 Å². The first-order chi connectivity index (χ1) is 16.4. The molecule has 0 radical (unpaired) electrons. The highest BCUT2D eigenvalue weighted by Gasteiger charge is 2.27. The van der Waals surface area contributed by atoms with E-state index in [0.717, 1.165) is 46.3 Å². The quantitative estimate of drug-likeness (QED) is 0.367. The van der Waals surface area contributed by atoms with Crippen LogP contribution in [0.2, 0.25) is 0 Å². The maximum atomic E-state index is 13.4. The number of anilines is 1. The Morgan fingerprint density at radius 1 is 1.12 bits per heavy atom. The molecule has 3 heterocycles. The van der Waals surface area contributed by atoms with Crippen molar-refractivity contribution in [3.8, 4) is 17.2 Å². The molecule has 0 spiro atoms. The van der Waals surface area contributed by atoms with Crippen molar-refractivity contribution in [1.82, 2.24) is 14.3 Å². The number of aryl methyl sites for hydroxylation is 1. The molecular weight excluding hydrogens is 444 g/mol. The van der Waals surface area contributed by atoms with Crippen LogP contribution in [0.3, 0.4) is 0 Å². The van der Waals surface area contributed by atoms with Gasteiger partial charge in [-0.25, -0.2) is 18.3 Å². The topological polar surface area (TPSA) is 109 Å². The summed E-state index contributed by atoms with van der Waals surface area (Å²) < 4.78 is 23.9. The molecule has 0 saturated carbocycles. The lowest BCUT2D eigenvalue weighted by molar-refractivity contribution is 0.341. The first-order valence-electron chi connectivity index (χ1n) is 11.3. The van der Waals surface area contributed by atoms with E-state index in [4.69, 9.17) is 4.78 Å². The molecule has 0 bridgehead atoms. The average Bonchev–Trinajstić information content (AvgIpc) is 3.28. The molecule has 8 heteroatoms. The smallest absolute Gasteiger partial charge is 0.137 e. The molecule has 5 rings (SSSR count). The molecule has 0 aliphatic carbocycles. The highest BCUT2D eigenvalue weighted by Crippen LogP contribution is 2.29. The van der Waals surface area contributed by atoms with E-state index in [2.05, 4.69) is 21.4 Å². The average molecular weight is 471 g/mol. The first-order valence-corrected chi connectivity index (χ1v) is 12.8. The summed E-state index contributed by atoms with van der Waals surface area (Å²) in [4.78, 5) is 8.03. The van der Waals surface area contributed by atoms with Crippen LogP contribution in [0.15, 0.2) is 71.9 Å². The monoisotopic (exact) mass is 470 g/mol. The number of hydrogen-bond acceptors (Lipinski definition) is 5. The molecular formula is C26H26N6OS. The number of aromatic nitrogens is 2. The van der Waals surface area contributed by atoms with Gasteiger partial charge in [-0.1, -0.05) is 24.3 Å². The number of aromatic amines is 1. The Morgan fingerprint density at radius 2 is 1.85 bits per heavy atom. The van der Waals surface area contributed by atoms with Crippen molar-refractivity contribution >= 4 is 26.6 Å². The number of nitrogens with zero attached hydrogens (tertiary/aromatic N) is 3. The van der Waals surface area contributed by atoms with Crippen LogP contribution in [-0.2, 0) is 9.92 Å². The van der Waals surface area contributed by atoms with E-state index in [1.165, 1.54) is 0 Å². The summed E-state index contributed by atoms with van der Waals surface area (Å²) in [5, 5.41) is 13.6. The maximum absolute atomic E-state index is 13.4. The number of nitriles is 1. The van der Waals surface area contributed by atoms with Crippen LogP contribution in [0.1, 0.15) is 24.0 Å². The van der Waals surface area contributed by atoms with Crippen LogP contribution in [0.5, 0.6) is 0 Å². The van der Waals surface area contributed by atoms with Crippen molar-refractivity contribution in [2.75, 3.05) is 18.4 Å². The van der Waals surface area contributed by atoms with E-state index >= 15 is 0 Å². The number of H-pyrrole nitrogens is 1. The molecule has 34 heavy (non-hydrogen) atoms. The Morgan fingerprint density at radius 3 is 2.53 bits per heavy atom. The molecule has 4 aromatic rings. The number of pyridine rings is 1. The maximum Gasteiger partial charge on any atom is 0.137 e. The standard InChI is InChI=1S/C26H26N6OS/c1-18-2-9-26(30-16-18)31-22-10-12-32(13-11-22)34(28,33)23-6-3-19(4-7-23)20-5-8-25-24(14-20)21(15-27)17-29-25/h2-9,14,16-17,22,28-29H,10-13H2,1H3,(H,30,31)/t34-/m1/s1. The molecule has 7 nitrogen and oxygen atoms in total. The zero-order valence-corrected chi connectivity index (χ0v) is 19.7. The fraction of sp³-hybridized carbons (Fsp3) is 0.231. The van der Waals surface area contributed by atoms with E-state index < -0.39 is 9.92 Å². The van der Waals surface area contributed by atoms with E-state index in [1.807, 2.05) is 55.6 Å². The van der Waals surface area contributed by atoms with Gasteiger partial charge in [-0.05, 0) is 66.8 Å². The summed E-state index contributed by atoms with van der Waals surface area (Å²) in [6.45, 7) is 3.20. The van der Waals surface area contributed by atoms with E-state index in [9.17, 15) is 9.47 Å². The highest BCUT2D eigenvalue weighted by molar-refractivity contribution is 7.90. The van der Waals surface area contributed by atoms with Gasteiger partial charge < -0.3 is 10.3 Å². The summed E-state index contributed by atoms with van der Waals surface area (Å²) in [5.74, 6) is 0.853. The second kappa shape index (κ2) is 8.93. The fourth-order valence-electron chi connectivity index (χ4n) is 4.39. The third-order valence-electron chi connectivity index (χ3n) is 6.39. The van der Waals surface area contributed by atoms with Crippen LogP contribution >= 0.6 is 0 Å². The Bertz CT molecular complexity index is 1460. The molecule has 2 aromatic heterocycles. The van der Waals surface area contributed by atoms with Crippen molar-refractivity contribution in [1.29, 1.82) is 10.0 Å². The number of benzene rings is 2. The summed E-state index contributed by atoms with van der Waals surface area (Å²) in [7, 11) is -3.06. The van der Waals surface area contributed by atoms with Crippen LogP contribution in [0.25, 0.3) is 22.0 Å². The van der Waals surface area contributed by atoms with Crippen molar-refractivity contribution in [3.63, 3.8) is 0 Å². The second-order valence-corrected chi connectivity index (χ2v) is 10.7. The fourth-order valence-corrected chi connectivity index (χ4v) is 5.92.